The predicted octanol–water partition coefficient (Wildman–Crippen LogP) is 6.21. The van der Waals surface area contributed by atoms with Gasteiger partial charge in [-0.2, -0.15) is 0 Å². The lowest BCUT2D eigenvalue weighted by Gasteiger charge is -2.10. The van der Waals surface area contributed by atoms with Crippen LogP contribution in [0.5, 0.6) is 0 Å². The van der Waals surface area contributed by atoms with Crippen molar-refractivity contribution in [2.75, 3.05) is 0 Å². The van der Waals surface area contributed by atoms with E-state index < -0.39 is 0 Å². The van der Waals surface area contributed by atoms with Gasteiger partial charge in [0.2, 0.25) is 0 Å². The molecule has 0 saturated carbocycles. The largest absolute Gasteiger partial charge is 0.121 e. The Morgan fingerprint density at radius 3 is 2.44 bits per heavy atom. The summed E-state index contributed by atoms with van der Waals surface area (Å²) in [6.45, 7) is 0. The van der Waals surface area contributed by atoms with E-state index in [0.29, 0.717) is 0 Å². The first-order chi connectivity index (χ1) is 7.59. The number of alkyl halides is 1. The van der Waals surface area contributed by atoms with Gasteiger partial charge in [-0.15, -0.1) is 22.9 Å². The summed E-state index contributed by atoms with van der Waals surface area (Å²) in [5, 5.41) is -0.106. The van der Waals surface area contributed by atoms with Crippen molar-refractivity contribution in [1.82, 2.24) is 0 Å². The third kappa shape index (κ3) is 2.83. The lowest BCUT2D eigenvalue weighted by atomic mass is 10.1. The van der Waals surface area contributed by atoms with Crippen LogP contribution in [0, 0.1) is 3.57 Å². The molecule has 0 saturated heterocycles. The molecule has 0 bridgehead atoms. The minimum atomic E-state index is -0.106. The fourth-order valence-electron chi connectivity index (χ4n) is 1.37. The highest BCUT2D eigenvalue weighted by atomic mass is 127. The maximum absolute atomic E-state index is 6.51. The molecule has 1 aromatic heterocycles. The van der Waals surface area contributed by atoms with Gasteiger partial charge in [0.05, 0.1) is 12.9 Å². The van der Waals surface area contributed by atoms with Crippen LogP contribution in [0.3, 0.4) is 0 Å². The van der Waals surface area contributed by atoms with Crippen LogP contribution in [-0.2, 0) is 0 Å². The second-order valence-electron chi connectivity index (χ2n) is 3.16. The van der Waals surface area contributed by atoms with E-state index in [1.54, 1.807) is 11.3 Å². The zero-order valence-corrected chi connectivity index (χ0v) is 14.8. The van der Waals surface area contributed by atoms with E-state index in [1.807, 2.05) is 12.1 Å². The van der Waals surface area contributed by atoms with Crippen LogP contribution in [0.4, 0.5) is 0 Å². The van der Waals surface area contributed by atoms with Gasteiger partial charge >= 0.3 is 0 Å². The molecular weight excluding hydrogens is 486 g/mol. The van der Waals surface area contributed by atoms with Crippen molar-refractivity contribution in [3.63, 3.8) is 0 Å². The van der Waals surface area contributed by atoms with Gasteiger partial charge in [0.15, 0.2) is 0 Å². The molecule has 0 nitrogen and oxygen atoms in total. The number of hydrogen-bond donors (Lipinski definition) is 0. The second kappa shape index (κ2) is 5.69. The molecule has 1 unspecified atom stereocenters. The Kier molecular flexibility index (Phi) is 4.74. The third-order valence-electron chi connectivity index (χ3n) is 2.13. The predicted molar refractivity (Wildman–Crippen MR) is 86.6 cm³/mol. The molecule has 84 valence electrons. The molecule has 1 atom stereocenters. The Morgan fingerprint density at radius 1 is 1.19 bits per heavy atom. The molecule has 0 spiro atoms. The second-order valence-corrected chi connectivity index (χ2v) is 8.51. The quantitative estimate of drug-likeness (QED) is 0.346. The van der Waals surface area contributed by atoms with Gasteiger partial charge < -0.3 is 0 Å². The molecule has 16 heavy (non-hydrogen) atoms. The fourth-order valence-corrected chi connectivity index (χ4v) is 5.72. The van der Waals surface area contributed by atoms with Crippen LogP contribution in [0.25, 0.3) is 0 Å². The molecule has 1 heterocycles. The molecule has 0 aliphatic carbocycles. The fraction of sp³-hybridized carbons (Fsp3) is 0.0909. The van der Waals surface area contributed by atoms with Crippen LogP contribution < -0.4 is 0 Å². The summed E-state index contributed by atoms with van der Waals surface area (Å²) in [4.78, 5) is 0. The number of benzene rings is 1. The first-order valence-electron chi connectivity index (χ1n) is 4.43. The molecule has 5 heteroatoms. The standard InChI is InChI=1S/C11H6Br2ClIS/c12-9-5-7(11(13)16-9)10(14)6-3-1-2-4-8(6)15/h1-5,10H. The van der Waals surface area contributed by atoms with Gasteiger partial charge in [-0.1, -0.05) is 18.2 Å². The summed E-state index contributed by atoms with van der Waals surface area (Å²) in [5.41, 5.74) is 2.26. The van der Waals surface area contributed by atoms with Crippen LogP contribution in [0.2, 0.25) is 0 Å². The van der Waals surface area contributed by atoms with Gasteiger partial charge in [0.25, 0.3) is 0 Å². The van der Waals surface area contributed by atoms with E-state index in [1.165, 1.54) is 3.57 Å². The Morgan fingerprint density at radius 2 is 1.88 bits per heavy atom. The minimum Gasteiger partial charge on any atom is -0.121 e. The summed E-state index contributed by atoms with van der Waals surface area (Å²) >= 11 is 17.5. The van der Waals surface area contributed by atoms with E-state index in [-0.39, 0.29) is 5.38 Å². The molecule has 1 aromatic carbocycles. The smallest absolute Gasteiger partial charge is 0.0865 e. The summed E-state index contributed by atoms with van der Waals surface area (Å²) in [5.74, 6) is 0. The zero-order valence-electron chi connectivity index (χ0n) is 7.88. The first-order valence-corrected chi connectivity index (χ1v) is 8.34. The van der Waals surface area contributed by atoms with E-state index in [0.717, 1.165) is 18.7 Å². The molecule has 0 N–H and O–H groups in total. The Bertz CT molecular complexity index is 512. The molecular formula is C11H6Br2ClIS. The number of rotatable bonds is 2. The first kappa shape index (κ1) is 13.3. The summed E-state index contributed by atoms with van der Waals surface area (Å²) in [6, 6.07) is 10.2. The molecule has 2 aromatic rings. The monoisotopic (exact) mass is 490 g/mol. The highest BCUT2D eigenvalue weighted by molar-refractivity contribution is 14.1. The van der Waals surface area contributed by atoms with E-state index >= 15 is 0 Å². The maximum atomic E-state index is 6.51. The molecule has 2 rings (SSSR count). The summed E-state index contributed by atoms with van der Waals surface area (Å²) in [6.07, 6.45) is 0. The molecule has 0 aliphatic rings. The molecule has 0 amide bonds. The molecule has 0 fully saturated rings. The van der Waals surface area contributed by atoms with Crippen LogP contribution in [0.15, 0.2) is 37.9 Å². The van der Waals surface area contributed by atoms with Crippen LogP contribution in [-0.4, -0.2) is 0 Å². The zero-order chi connectivity index (χ0) is 11.7. The lowest BCUT2D eigenvalue weighted by Crippen LogP contribution is -1.94. The van der Waals surface area contributed by atoms with E-state index in [4.69, 9.17) is 11.6 Å². The molecule has 0 radical (unpaired) electrons. The van der Waals surface area contributed by atoms with E-state index in [2.05, 4.69) is 72.6 Å². The van der Waals surface area contributed by atoms with Crippen molar-refractivity contribution < 1.29 is 0 Å². The summed E-state index contributed by atoms with van der Waals surface area (Å²) in [7, 11) is 0. The van der Waals surface area contributed by atoms with Crippen LogP contribution in [0.1, 0.15) is 16.5 Å². The Hall–Kier alpha value is 0.900. The van der Waals surface area contributed by atoms with Gasteiger partial charge in [-0.3, -0.25) is 0 Å². The van der Waals surface area contributed by atoms with Crippen molar-refractivity contribution in [1.29, 1.82) is 0 Å². The van der Waals surface area contributed by atoms with Crippen molar-refractivity contribution in [3.05, 3.63) is 52.6 Å². The van der Waals surface area contributed by atoms with Crippen molar-refractivity contribution >= 4 is 77.4 Å². The van der Waals surface area contributed by atoms with Crippen molar-refractivity contribution in [2.45, 2.75) is 5.38 Å². The van der Waals surface area contributed by atoms with Crippen LogP contribution >= 0.6 is 77.4 Å². The van der Waals surface area contributed by atoms with Gasteiger partial charge in [-0.05, 0) is 72.1 Å². The minimum absolute atomic E-state index is 0.106. The molecule has 0 aliphatic heterocycles. The van der Waals surface area contributed by atoms with Gasteiger partial charge in [0.1, 0.15) is 0 Å². The van der Waals surface area contributed by atoms with Crippen molar-refractivity contribution in [2.24, 2.45) is 0 Å². The maximum Gasteiger partial charge on any atom is 0.0865 e. The summed E-state index contributed by atoms with van der Waals surface area (Å²) < 4.78 is 3.36. The average Bonchev–Trinajstić information content (AvgIpc) is 2.58. The topological polar surface area (TPSA) is 0 Å². The van der Waals surface area contributed by atoms with Gasteiger partial charge in [-0.25, -0.2) is 0 Å². The SMILES string of the molecule is ClC(c1ccccc1I)c1cc(Br)sc1Br. The highest BCUT2D eigenvalue weighted by Crippen LogP contribution is 2.41. The van der Waals surface area contributed by atoms with Crippen molar-refractivity contribution in [3.8, 4) is 0 Å². The Balaban J connectivity index is 2.43. The lowest BCUT2D eigenvalue weighted by molar-refractivity contribution is 1.13. The average molecular weight is 492 g/mol. The van der Waals surface area contributed by atoms with Gasteiger partial charge in [0, 0.05) is 9.13 Å². The number of hydrogen-bond acceptors (Lipinski definition) is 1. The third-order valence-corrected chi connectivity index (χ3v) is 5.97. The highest BCUT2D eigenvalue weighted by Gasteiger charge is 2.18. The number of thiophene rings is 1. The number of halogens is 4. The Labute approximate surface area is 134 Å². The van der Waals surface area contributed by atoms with E-state index in [9.17, 15) is 0 Å². The normalized spacial score (nSPS) is 12.8.